The lowest BCUT2D eigenvalue weighted by Gasteiger charge is -2.07. The molecule has 0 aliphatic rings. The van der Waals surface area contributed by atoms with E-state index in [1.807, 2.05) is 55.6 Å². The minimum absolute atomic E-state index is 0.172. The molecule has 0 fully saturated rings. The van der Waals surface area contributed by atoms with Gasteiger partial charge in [0.2, 0.25) is 0 Å². The topological polar surface area (TPSA) is 69.3 Å². The van der Waals surface area contributed by atoms with Gasteiger partial charge in [-0.2, -0.15) is 5.10 Å². The van der Waals surface area contributed by atoms with E-state index in [-0.39, 0.29) is 12.5 Å². The first-order valence-electron chi connectivity index (χ1n) is 7.51. The number of hydrazone groups is 1. The van der Waals surface area contributed by atoms with Crippen molar-refractivity contribution in [2.24, 2.45) is 5.10 Å². The van der Waals surface area contributed by atoms with E-state index in [9.17, 15) is 4.79 Å². The summed E-state index contributed by atoms with van der Waals surface area (Å²) >= 11 is 2.28. The molecule has 122 valence electrons. The molecule has 3 N–H and O–H groups in total. The summed E-state index contributed by atoms with van der Waals surface area (Å²) in [4.78, 5) is 15.0. The molecule has 0 atom stereocenters. The molecular formula is C18H17IN4O. The summed E-state index contributed by atoms with van der Waals surface area (Å²) in [7, 11) is 0. The molecule has 0 aliphatic heterocycles. The lowest BCUT2D eigenvalue weighted by molar-refractivity contribution is -0.119. The van der Waals surface area contributed by atoms with Gasteiger partial charge in [-0.25, -0.2) is 5.43 Å². The number of benzene rings is 2. The van der Waals surface area contributed by atoms with Crippen molar-refractivity contribution in [3.63, 3.8) is 0 Å². The van der Waals surface area contributed by atoms with E-state index in [2.05, 4.69) is 43.4 Å². The van der Waals surface area contributed by atoms with Crippen molar-refractivity contribution in [1.29, 1.82) is 0 Å². The molecule has 6 heteroatoms. The number of carbonyl (C=O) groups is 1. The average Bonchev–Trinajstić information content (AvgIpc) is 2.99. The minimum atomic E-state index is -0.192. The number of anilines is 1. The summed E-state index contributed by atoms with van der Waals surface area (Å²) in [5, 5.41) is 8.18. The highest BCUT2D eigenvalue weighted by Crippen LogP contribution is 2.17. The van der Waals surface area contributed by atoms with E-state index in [4.69, 9.17) is 0 Å². The molecule has 3 aromatic rings. The summed E-state index contributed by atoms with van der Waals surface area (Å²) in [5.41, 5.74) is 6.61. The number of fused-ring (bicyclic) bond motifs is 1. The molecule has 0 aliphatic carbocycles. The highest BCUT2D eigenvalue weighted by molar-refractivity contribution is 14.1. The van der Waals surface area contributed by atoms with Crippen molar-refractivity contribution in [3.05, 3.63) is 63.4 Å². The Bertz CT molecular complexity index is 901. The number of aryl methyl sites for hydroxylation is 1. The van der Waals surface area contributed by atoms with Crippen LogP contribution in [-0.4, -0.2) is 23.7 Å². The van der Waals surface area contributed by atoms with Crippen molar-refractivity contribution >= 4 is 51.3 Å². The Morgan fingerprint density at radius 1 is 1.29 bits per heavy atom. The highest BCUT2D eigenvalue weighted by atomic mass is 127. The zero-order valence-electron chi connectivity index (χ0n) is 13.1. The van der Waals surface area contributed by atoms with Crippen LogP contribution in [0.5, 0.6) is 0 Å². The SMILES string of the molecule is Cc1cc(NCC(=O)N/N=C\c2c[nH]c3ccccc23)ccc1I. The minimum Gasteiger partial charge on any atom is -0.376 e. The quantitative estimate of drug-likeness (QED) is 0.328. The number of rotatable bonds is 5. The fraction of sp³-hybridized carbons (Fsp3) is 0.111. The largest absolute Gasteiger partial charge is 0.376 e. The van der Waals surface area contributed by atoms with Gasteiger partial charge in [0.25, 0.3) is 5.91 Å². The molecule has 5 nitrogen and oxygen atoms in total. The predicted molar refractivity (Wildman–Crippen MR) is 106 cm³/mol. The summed E-state index contributed by atoms with van der Waals surface area (Å²) in [6, 6.07) is 13.9. The van der Waals surface area contributed by atoms with Crippen molar-refractivity contribution in [1.82, 2.24) is 10.4 Å². The number of nitrogens with zero attached hydrogens (tertiary/aromatic N) is 1. The van der Waals surface area contributed by atoms with Crippen LogP contribution in [0.25, 0.3) is 10.9 Å². The van der Waals surface area contributed by atoms with Gasteiger partial charge >= 0.3 is 0 Å². The molecule has 0 radical (unpaired) electrons. The molecule has 1 amide bonds. The lowest BCUT2D eigenvalue weighted by Crippen LogP contribution is -2.25. The Labute approximate surface area is 153 Å². The zero-order chi connectivity index (χ0) is 16.9. The smallest absolute Gasteiger partial charge is 0.259 e. The van der Waals surface area contributed by atoms with E-state index in [1.54, 1.807) is 6.21 Å². The van der Waals surface area contributed by atoms with Gasteiger partial charge in [-0.3, -0.25) is 4.79 Å². The second kappa shape index (κ2) is 7.48. The second-order valence-electron chi connectivity index (χ2n) is 5.40. The van der Waals surface area contributed by atoms with Gasteiger partial charge in [-0.15, -0.1) is 0 Å². The Morgan fingerprint density at radius 3 is 2.96 bits per heavy atom. The Hall–Kier alpha value is -2.35. The number of hydrogen-bond donors (Lipinski definition) is 3. The van der Waals surface area contributed by atoms with E-state index >= 15 is 0 Å². The first-order chi connectivity index (χ1) is 11.6. The summed E-state index contributed by atoms with van der Waals surface area (Å²) in [6.45, 7) is 2.21. The zero-order valence-corrected chi connectivity index (χ0v) is 15.3. The van der Waals surface area contributed by atoms with E-state index in [1.165, 1.54) is 9.13 Å². The number of para-hydroxylation sites is 1. The second-order valence-corrected chi connectivity index (χ2v) is 6.56. The molecule has 1 aromatic heterocycles. The van der Waals surface area contributed by atoms with Gasteiger partial charge in [0, 0.05) is 31.9 Å². The van der Waals surface area contributed by atoms with Gasteiger partial charge in [0.05, 0.1) is 12.8 Å². The van der Waals surface area contributed by atoms with Crippen LogP contribution in [0.3, 0.4) is 0 Å². The summed E-state index contributed by atoms with van der Waals surface area (Å²) in [6.07, 6.45) is 3.51. The highest BCUT2D eigenvalue weighted by Gasteiger charge is 2.02. The number of amides is 1. The van der Waals surface area contributed by atoms with Crippen molar-refractivity contribution in [2.75, 3.05) is 11.9 Å². The molecule has 0 saturated heterocycles. The maximum Gasteiger partial charge on any atom is 0.259 e. The van der Waals surface area contributed by atoms with Gasteiger partial charge in [0.1, 0.15) is 0 Å². The third-order valence-corrected chi connectivity index (χ3v) is 4.84. The van der Waals surface area contributed by atoms with Crippen molar-refractivity contribution in [3.8, 4) is 0 Å². The summed E-state index contributed by atoms with van der Waals surface area (Å²) in [5.74, 6) is -0.192. The van der Waals surface area contributed by atoms with Crippen LogP contribution < -0.4 is 10.7 Å². The van der Waals surface area contributed by atoms with E-state index in [0.29, 0.717) is 0 Å². The molecule has 2 aromatic carbocycles. The third kappa shape index (κ3) is 3.94. The van der Waals surface area contributed by atoms with Crippen LogP contribution in [0.4, 0.5) is 5.69 Å². The average molecular weight is 432 g/mol. The van der Waals surface area contributed by atoms with E-state index < -0.39 is 0 Å². The normalized spacial score (nSPS) is 11.1. The van der Waals surface area contributed by atoms with Crippen LogP contribution >= 0.6 is 22.6 Å². The van der Waals surface area contributed by atoms with E-state index in [0.717, 1.165) is 22.2 Å². The fourth-order valence-corrected chi connectivity index (χ4v) is 2.69. The molecular weight excluding hydrogens is 415 g/mol. The maximum atomic E-state index is 11.9. The number of nitrogens with one attached hydrogen (secondary N) is 3. The number of hydrogen-bond acceptors (Lipinski definition) is 3. The Morgan fingerprint density at radius 2 is 2.12 bits per heavy atom. The van der Waals surface area contributed by atoms with Crippen molar-refractivity contribution in [2.45, 2.75) is 6.92 Å². The number of halogens is 1. The first-order valence-corrected chi connectivity index (χ1v) is 8.59. The molecule has 24 heavy (non-hydrogen) atoms. The number of carbonyl (C=O) groups excluding carboxylic acids is 1. The van der Waals surface area contributed by atoms with Gasteiger partial charge in [-0.1, -0.05) is 18.2 Å². The molecule has 1 heterocycles. The first kappa shape index (κ1) is 16.5. The molecule has 0 unspecified atom stereocenters. The number of aromatic nitrogens is 1. The molecule has 3 rings (SSSR count). The number of aromatic amines is 1. The standard InChI is InChI=1S/C18H17IN4O/c1-12-8-14(6-7-16(12)19)20-11-18(24)23-22-10-13-9-21-17-5-3-2-4-15(13)17/h2-10,20-21H,11H2,1H3,(H,23,24)/b22-10-. The fourth-order valence-electron chi connectivity index (χ4n) is 2.35. The monoisotopic (exact) mass is 432 g/mol. The summed E-state index contributed by atoms with van der Waals surface area (Å²) < 4.78 is 1.20. The van der Waals surface area contributed by atoms with Crippen LogP contribution in [0.2, 0.25) is 0 Å². The van der Waals surface area contributed by atoms with Crippen LogP contribution in [0.15, 0.2) is 53.8 Å². The maximum absolute atomic E-state index is 11.9. The van der Waals surface area contributed by atoms with Gasteiger partial charge < -0.3 is 10.3 Å². The van der Waals surface area contributed by atoms with Crippen LogP contribution in [0, 0.1) is 10.5 Å². The Kier molecular flexibility index (Phi) is 5.14. The van der Waals surface area contributed by atoms with Crippen LogP contribution in [0.1, 0.15) is 11.1 Å². The Balaban J connectivity index is 1.54. The molecule has 0 spiro atoms. The molecule has 0 bridgehead atoms. The van der Waals surface area contributed by atoms with Gasteiger partial charge in [-0.05, 0) is 59.3 Å². The predicted octanol–water partition coefficient (Wildman–Crippen LogP) is 3.64. The number of H-pyrrole nitrogens is 1. The van der Waals surface area contributed by atoms with Gasteiger partial charge in [0.15, 0.2) is 0 Å². The van der Waals surface area contributed by atoms with Crippen molar-refractivity contribution < 1.29 is 4.79 Å². The molecule has 0 saturated carbocycles. The third-order valence-electron chi connectivity index (χ3n) is 3.63. The van der Waals surface area contributed by atoms with Crippen LogP contribution in [-0.2, 0) is 4.79 Å². The lowest BCUT2D eigenvalue weighted by atomic mass is 10.2.